The van der Waals surface area contributed by atoms with E-state index in [-0.39, 0.29) is 0 Å². The summed E-state index contributed by atoms with van der Waals surface area (Å²) in [7, 11) is 6.27. The standard InChI is InChI=1S/C16H26N6/c1-20-6-4-5-14(16(20)15-10-18-12-21(15)2)9-17-7-13-8-19-22(3)11-13/h8,10-12,14,16-17H,4-7,9H2,1-3H3/t14-,16+/m0/s1. The number of nitrogens with one attached hydrogen (secondary N) is 1. The fraction of sp³-hybridized carbons (Fsp3) is 0.625. The zero-order valence-electron chi connectivity index (χ0n) is 13.7. The molecule has 0 bridgehead atoms. The molecule has 0 radical (unpaired) electrons. The minimum absolute atomic E-state index is 0.447. The summed E-state index contributed by atoms with van der Waals surface area (Å²) in [5.41, 5.74) is 2.55. The molecule has 1 saturated heterocycles. The summed E-state index contributed by atoms with van der Waals surface area (Å²) in [6.45, 7) is 3.07. The average Bonchev–Trinajstić information content (AvgIpc) is 3.08. The molecule has 1 aliphatic rings. The molecule has 1 fully saturated rings. The van der Waals surface area contributed by atoms with E-state index >= 15 is 0 Å². The molecule has 120 valence electrons. The Kier molecular flexibility index (Phi) is 4.59. The molecule has 3 heterocycles. The Hall–Kier alpha value is -1.66. The first-order chi connectivity index (χ1) is 10.6. The molecule has 2 aromatic heterocycles. The van der Waals surface area contributed by atoms with Gasteiger partial charge in [-0.2, -0.15) is 5.10 Å². The number of nitrogens with zero attached hydrogens (tertiary/aromatic N) is 5. The molecular weight excluding hydrogens is 276 g/mol. The molecule has 22 heavy (non-hydrogen) atoms. The summed E-state index contributed by atoms with van der Waals surface area (Å²) in [6.07, 6.45) is 10.4. The van der Waals surface area contributed by atoms with Crippen molar-refractivity contribution in [1.82, 2.24) is 29.5 Å². The SMILES string of the molecule is CN1CCC[C@@H](CNCc2cnn(C)c2)[C@@H]1c1cncn1C. The average molecular weight is 302 g/mol. The number of likely N-dealkylation sites (tertiary alicyclic amines) is 1. The normalized spacial score (nSPS) is 23.0. The van der Waals surface area contributed by atoms with Crippen LogP contribution in [-0.4, -0.2) is 44.4 Å². The Balaban J connectivity index is 1.63. The van der Waals surface area contributed by atoms with Gasteiger partial charge in [0.2, 0.25) is 0 Å². The van der Waals surface area contributed by atoms with Crippen LogP contribution in [0.5, 0.6) is 0 Å². The highest BCUT2D eigenvalue weighted by Gasteiger charge is 2.31. The fourth-order valence-corrected chi connectivity index (χ4v) is 3.56. The Bertz CT molecular complexity index is 601. The predicted octanol–water partition coefficient (Wildman–Crippen LogP) is 1.33. The van der Waals surface area contributed by atoms with Gasteiger partial charge in [0.15, 0.2) is 0 Å². The van der Waals surface area contributed by atoms with E-state index in [0.717, 1.165) is 19.6 Å². The molecule has 3 rings (SSSR count). The van der Waals surface area contributed by atoms with Gasteiger partial charge in [-0.25, -0.2) is 4.98 Å². The molecule has 6 heteroatoms. The molecule has 2 atom stereocenters. The lowest BCUT2D eigenvalue weighted by Crippen LogP contribution is -2.41. The zero-order valence-corrected chi connectivity index (χ0v) is 13.7. The van der Waals surface area contributed by atoms with E-state index in [1.54, 1.807) is 0 Å². The minimum atomic E-state index is 0.447. The van der Waals surface area contributed by atoms with Crippen molar-refractivity contribution in [3.63, 3.8) is 0 Å². The molecular formula is C16H26N6. The lowest BCUT2D eigenvalue weighted by Gasteiger charge is -2.39. The van der Waals surface area contributed by atoms with Gasteiger partial charge in [-0.1, -0.05) is 0 Å². The summed E-state index contributed by atoms with van der Waals surface area (Å²) in [5.74, 6) is 0.617. The van der Waals surface area contributed by atoms with Crippen LogP contribution in [0.2, 0.25) is 0 Å². The molecule has 1 aliphatic heterocycles. The van der Waals surface area contributed by atoms with Crippen LogP contribution in [0.15, 0.2) is 24.9 Å². The van der Waals surface area contributed by atoms with Gasteiger partial charge in [-0.3, -0.25) is 9.58 Å². The molecule has 0 aromatic carbocycles. The van der Waals surface area contributed by atoms with Crippen molar-refractivity contribution in [2.75, 3.05) is 20.1 Å². The van der Waals surface area contributed by atoms with Crippen molar-refractivity contribution in [1.29, 1.82) is 0 Å². The van der Waals surface area contributed by atoms with Gasteiger partial charge in [-0.05, 0) is 32.4 Å². The highest BCUT2D eigenvalue weighted by atomic mass is 15.2. The molecule has 0 amide bonds. The smallest absolute Gasteiger partial charge is 0.0946 e. The second-order valence-corrected chi connectivity index (χ2v) is 6.41. The Labute approximate surface area is 132 Å². The minimum Gasteiger partial charge on any atom is -0.336 e. The van der Waals surface area contributed by atoms with Crippen molar-refractivity contribution in [2.45, 2.75) is 25.4 Å². The summed E-state index contributed by atoms with van der Waals surface area (Å²) < 4.78 is 4.00. The van der Waals surface area contributed by atoms with E-state index < -0.39 is 0 Å². The van der Waals surface area contributed by atoms with Gasteiger partial charge in [0.25, 0.3) is 0 Å². The zero-order chi connectivity index (χ0) is 15.5. The summed E-state index contributed by atoms with van der Waals surface area (Å²) in [5, 5.41) is 7.83. The maximum atomic E-state index is 4.30. The van der Waals surface area contributed by atoms with E-state index in [1.165, 1.54) is 24.1 Å². The maximum absolute atomic E-state index is 4.30. The van der Waals surface area contributed by atoms with E-state index in [4.69, 9.17) is 0 Å². The Morgan fingerprint density at radius 3 is 2.82 bits per heavy atom. The second-order valence-electron chi connectivity index (χ2n) is 6.41. The largest absolute Gasteiger partial charge is 0.336 e. The van der Waals surface area contributed by atoms with Crippen molar-refractivity contribution >= 4 is 0 Å². The number of piperidine rings is 1. The summed E-state index contributed by atoms with van der Waals surface area (Å²) >= 11 is 0. The van der Waals surface area contributed by atoms with E-state index in [1.807, 2.05) is 30.5 Å². The molecule has 0 spiro atoms. The van der Waals surface area contributed by atoms with E-state index in [0.29, 0.717) is 12.0 Å². The second kappa shape index (κ2) is 6.62. The van der Waals surface area contributed by atoms with Gasteiger partial charge in [0.1, 0.15) is 0 Å². The Morgan fingerprint density at radius 1 is 1.27 bits per heavy atom. The lowest BCUT2D eigenvalue weighted by molar-refractivity contribution is 0.113. The number of imidazole rings is 1. The van der Waals surface area contributed by atoms with Crippen LogP contribution in [0.1, 0.15) is 30.1 Å². The van der Waals surface area contributed by atoms with Gasteiger partial charge in [0, 0.05) is 45.1 Å². The van der Waals surface area contributed by atoms with Crippen molar-refractivity contribution in [3.8, 4) is 0 Å². The first kappa shape index (κ1) is 15.2. The topological polar surface area (TPSA) is 50.9 Å². The quantitative estimate of drug-likeness (QED) is 0.905. The van der Waals surface area contributed by atoms with Crippen LogP contribution < -0.4 is 5.32 Å². The van der Waals surface area contributed by atoms with E-state index in [9.17, 15) is 0 Å². The molecule has 6 nitrogen and oxygen atoms in total. The molecule has 1 N–H and O–H groups in total. The fourth-order valence-electron chi connectivity index (χ4n) is 3.56. The number of aromatic nitrogens is 4. The van der Waals surface area contributed by atoms with Crippen LogP contribution in [0.4, 0.5) is 0 Å². The number of rotatable bonds is 5. The first-order valence-corrected chi connectivity index (χ1v) is 8.00. The molecule has 2 aromatic rings. The van der Waals surface area contributed by atoms with Gasteiger partial charge in [0.05, 0.1) is 24.3 Å². The first-order valence-electron chi connectivity index (χ1n) is 8.00. The maximum Gasteiger partial charge on any atom is 0.0946 e. The van der Waals surface area contributed by atoms with E-state index in [2.05, 4.69) is 45.2 Å². The number of hydrogen-bond donors (Lipinski definition) is 1. The highest BCUT2D eigenvalue weighted by Crippen LogP contribution is 2.34. The molecule has 0 unspecified atom stereocenters. The third-order valence-electron chi connectivity index (χ3n) is 4.66. The van der Waals surface area contributed by atoms with Gasteiger partial charge >= 0.3 is 0 Å². The van der Waals surface area contributed by atoms with Crippen LogP contribution >= 0.6 is 0 Å². The number of hydrogen-bond acceptors (Lipinski definition) is 4. The monoisotopic (exact) mass is 302 g/mol. The molecule has 0 saturated carbocycles. The van der Waals surface area contributed by atoms with Crippen molar-refractivity contribution < 1.29 is 0 Å². The van der Waals surface area contributed by atoms with Crippen LogP contribution in [-0.2, 0) is 20.6 Å². The van der Waals surface area contributed by atoms with Crippen molar-refractivity contribution in [3.05, 3.63) is 36.2 Å². The van der Waals surface area contributed by atoms with Gasteiger partial charge < -0.3 is 9.88 Å². The highest BCUT2D eigenvalue weighted by molar-refractivity contribution is 5.09. The van der Waals surface area contributed by atoms with Gasteiger partial charge in [-0.15, -0.1) is 0 Å². The lowest BCUT2D eigenvalue weighted by atomic mass is 9.87. The van der Waals surface area contributed by atoms with Crippen LogP contribution in [0.3, 0.4) is 0 Å². The van der Waals surface area contributed by atoms with Crippen LogP contribution in [0.25, 0.3) is 0 Å². The Morgan fingerprint density at radius 2 is 2.14 bits per heavy atom. The van der Waals surface area contributed by atoms with Crippen molar-refractivity contribution in [2.24, 2.45) is 20.0 Å². The molecule has 0 aliphatic carbocycles. The van der Waals surface area contributed by atoms with Crippen LogP contribution in [0, 0.1) is 5.92 Å². The third kappa shape index (κ3) is 3.23. The third-order valence-corrected chi connectivity index (χ3v) is 4.66. The predicted molar refractivity (Wildman–Crippen MR) is 86.2 cm³/mol. The number of aryl methyl sites for hydroxylation is 2. The summed E-state index contributed by atoms with van der Waals surface area (Å²) in [4.78, 5) is 6.77. The summed E-state index contributed by atoms with van der Waals surface area (Å²) in [6, 6.07) is 0.447.